The summed E-state index contributed by atoms with van der Waals surface area (Å²) >= 11 is 3.60. The second-order valence-electron chi connectivity index (χ2n) is 5.88. The highest BCUT2D eigenvalue weighted by Gasteiger charge is 2.16. The lowest BCUT2D eigenvalue weighted by molar-refractivity contribution is 0.275. The molecule has 0 bridgehead atoms. The summed E-state index contributed by atoms with van der Waals surface area (Å²) in [6.07, 6.45) is 0.924. The molecule has 1 heterocycles. The molecule has 6 nitrogen and oxygen atoms in total. The van der Waals surface area contributed by atoms with Crippen LogP contribution in [0, 0.1) is 0 Å². The van der Waals surface area contributed by atoms with Gasteiger partial charge in [-0.1, -0.05) is 6.92 Å². The van der Waals surface area contributed by atoms with E-state index in [0.717, 1.165) is 33.3 Å². The molecular formula is C20H23BrN2O4. The number of hydrogen-bond acceptors (Lipinski definition) is 5. The maximum absolute atomic E-state index is 5.84. The van der Waals surface area contributed by atoms with Crippen molar-refractivity contribution in [3.05, 3.63) is 28.7 Å². The van der Waals surface area contributed by atoms with Gasteiger partial charge in [0.15, 0.2) is 23.0 Å². The van der Waals surface area contributed by atoms with Gasteiger partial charge in [0.25, 0.3) is 0 Å². The summed E-state index contributed by atoms with van der Waals surface area (Å²) in [5, 5.41) is 0. The molecule has 3 aromatic rings. The van der Waals surface area contributed by atoms with Crippen LogP contribution in [0.5, 0.6) is 23.0 Å². The smallest absolute Gasteiger partial charge is 0.175 e. The van der Waals surface area contributed by atoms with Crippen molar-refractivity contribution in [1.82, 2.24) is 9.97 Å². The number of methoxy groups -OCH3 is 2. The lowest BCUT2D eigenvalue weighted by Crippen LogP contribution is -2.01. The lowest BCUT2D eigenvalue weighted by atomic mass is 10.2. The van der Waals surface area contributed by atoms with Crippen LogP contribution in [0.3, 0.4) is 0 Å². The molecule has 1 N–H and O–H groups in total. The first-order valence-corrected chi connectivity index (χ1v) is 9.61. The van der Waals surface area contributed by atoms with Crippen molar-refractivity contribution in [2.75, 3.05) is 27.4 Å². The minimum Gasteiger partial charge on any atom is -0.493 e. The Morgan fingerprint density at radius 3 is 2.37 bits per heavy atom. The fraction of sp³-hybridized carbons (Fsp3) is 0.350. The van der Waals surface area contributed by atoms with Gasteiger partial charge >= 0.3 is 0 Å². The number of benzene rings is 2. The van der Waals surface area contributed by atoms with E-state index in [4.69, 9.17) is 23.9 Å². The van der Waals surface area contributed by atoms with Crippen molar-refractivity contribution in [2.24, 2.45) is 0 Å². The van der Waals surface area contributed by atoms with Gasteiger partial charge in [-0.05, 0) is 41.4 Å². The number of aromatic amines is 1. The molecule has 7 heteroatoms. The van der Waals surface area contributed by atoms with E-state index in [0.29, 0.717) is 36.2 Å². The van der Waals surface area contributed by atoms with E-state index in [1.165, 1.54) is 0 Å². The molecular weight excluding hydrogens is 412 g/mol. The quantitative estimate of drug-likeness (QED) is 0.527. The highest BCUT2D eigenvalue weighted by Crippen LogP contribution is 2.40. The van der Waals surface area contributed by atoms with Crippen LogP contribution >= 0.6 is 15.9 Å². The summed E-state index contributed by atoms with van der Waals surface area (Å²) in [5.74, 6) is 3.42. The van der Waals surface area contributed by atoms with Gasteiger partial charge < -0.3 is 23.9 Å². The third-order valence-corrected chi connectivity index (χ3v) is 4.61. The fourth-order valence-electron chi connectivity index (χ4n) is 2.79. The van der Waals surface area contributed by atoms with Gasteiger partial charge in [-0.2, -0.15) is 0 Å². The van der Waals surface area contributed by atoms with Crippen LogP contribution in [0.25, 0.3) is 22.4 Å². The highest BCUT2D eigenvalue weighted by molar-refractivity contribution is 9.10. The molecule has 0 fully saturated rings. The van der Waals surface area contributed by atoms with Crippen LogP contribution in [0.4, 0.5) is 0 Å². The molecule has 0 aliphatic carbocycles. The van der Waals surface area contributed by atoms with Crippen molar-refractivity contribution in [2.45, 2.75) is 20.3 Å². The molecule has 0 unspecified atom stereocenters. The van der Waals surface area contributed by atoms with Gasteiger partial charge in [0.1, 0.15) is 5.82 Å². The van der Waals surface area contributed by atoms with Crippen molar-refractivity contribution >= 4 is 27.0 Å². The molecule has 2 aromatic carbocycles. The molecule has 144 valence electrons. The molecule has 0 amide bonds. The second-order valence-corrected chi connectivity index (χ2v) is 6.73. The van der Waals surface area contributed by atoms with E-state index in [1.807, 2.05) is 31.2 Å². The number of nitrogens with one attached hydrogen (secondary N) is 1. The summed E-state index contributed by atoms with van der Waals surface area (Å²) in [6.45, 7) is 5.19. The second kappa shape index (κ2) is 8.52. The Morgan fingerprint density at radius 2 is 1.70 bits per heavy atom. The Kier molecular flexibility index (Phi) is 6.11. The van der Waals surface area contributed by atoms with Crippen LogP contribution in [-0.4, -0.2) is 37.4 Å². The third-order valence-electron chi connectivity index (χ3n) is 4.02. The Labute approximate surface area is 166 Å². The van der Waals surface area contributed by atoms with E-state index in [2.05, 4.69) is 27.8 Å². The SMILES string of the molecule is CCCOc1c(Br)cc(-c2nc3cc(OC)c(OC)cc3[nH]2)cc1OCC. The average molecular weight is 435 g/mol. The molecule has 0 radical (unpaired) electrons. The van der Waals surface area contributed by atoms with Gasteiger partial charge in [-0.3, -0.25) is 0 Å². The summed E-state index contributed by atoms with van der Waals surface area (Å²) in [6, 6.07) is 7.64. The van der Waals surface area contributed by atoms with Gasteiger partial charge in [-0.25, -0.2) is 4.98 Å². The number of hydrogen-bond donors (Lipinski definition) is 1. The molecule has 1 aromatic heterocycles. The van der Waals surface area contributed by atoms with E-state index >= 15 is 0 Å². The van der Waals surface area contributed by atoms with Gasteiger partial charge in [-0.15, -0.1) is 0 Å². The molecule has 0 aliphatic heterocycles. The summed E-state index contributed by atoms with van der Waals surface area (Å²) < 4.78 is 23.2. The zero-order valence-corrected chi connectivity index (χ0v) is 17.5. The Balaban J connectivity index is 2.07. The monoisotopic (exact) mass is 434 g/mol. The molecule has 3 rings (SSSR count). The highest BCUT2D eigenvalue weighted by atomic mass is 79.9. The Hall–Kier alpha value is -2.41. The zero-order valence-electron chi connectivity index (χ0n) is 15.9. The van der Waals surface area contributed by atoms with Crippen molar-refractivity contribution in [3.8, 4) is 34.4 Å². The van der Waals surface area contributed by atoms with Crippen LogP contribution in [0.15, 0.2) is 28.7 Å². The maximum atomic E-state index is 5.84. The van der Waals surface area contributed by atoms with E-state index in [-0.39, 0.29) is 0 Å². The maximum Gasteiger partial charge on any atom is 0.175 e. The van der Waals surface area contributed by atoms with Crippen LogP contribution in [0.2, 0.25) is 0 Å². The largest absolute Gasteiger partial charge is 0.493 e. The summed E-state index contributed by atoms with van der Waals surface area (Å²) in [7, 11) is 3.22. The first kappa shape index (κ1) is 19.4. The number of aromatic nitrogens is 2. The van der Waals surface area contributed by atoms with Crippen LogP contribution in [0.1, 0.15) is 20.3 Å². The third kappa shape index (κ3) is 3.98. The summed E-state index contributed by atoms with van der Waals surface area (Å²) in [5.41, 5.74) is 2.55. The van der Waals surface area contributed by atoms with Crippen molar-refractivity contribution in [3.63, 3.8) is 0 Å². The zero-order chi connectivity index (χ0) is 19.4. The normalized spacial score (nSPS) is 10.9. The number of nitrogens with zero attached hydrogens (tertiary/aromatic N) is 1. The number of imidazole rings is 1. The lowest BCUT2D eigenvalue weighted by Gasteiger charge is -2.14. The first-order valence-electron chi connectivity index (χ1n) is 8.82. The van der Waals surface area contributed by atoms with Crippen LogP contribution < -0.4 is 18.9 Å². The Morgan fingerprint density at radius 1 is 0.963 bits per heavy atom. The van der Waals surface area contributed by atoms with Gasteiger partial charge in [0.05, 0.1) is 42.9 Å². The number of ether oxygens (including phenoxy) is 4. The van der Waals surface area contributed by atoms with Crippen LogP contribution in [-0.2, 0) is 0 Å². The van der Waals surface area contributed by atoms with Crippen molar-refractivity contribution in [1.29, 1.82) is 0 Å². The predicted octanol–water partition coefficient (Wildman–Crippen LogP) is 5.20. The molecule has 0 saturated heterocycles. The number of H-pyrrole nitrogens is 1. The molecule has 0 spiro atoms. The molecule has 0 saturated carbocycles. The molecule has 0 atom stereocenters. The molecule has 0 aliphatic rings. The summed E-state index contributed by atoms with van der Waals surface area (Å²) in [4.78, 5) is 8.03. The predicted molar refractivity (Wildman–Crippen MR) is 109 cm³/mol. The molecule has 27 heavy (non-hydrogen) atoms. The standard InChI is InChI=1S/C20H23BrN2O4/c1-5-7-27-19-13(21)8-12(9-18(19)26-6-2)20-22-14-10-16(24-3)17(25-4)11-15(14)23-20/h8-11H,5-7H2,1-4H3,(H,22,23). The van der Waals surface area contributed by atoms with Crippen molar-refractivity contribution < 1.29 is 18.9 Å². The van der Waals surface area contributed by atoms with E-state index < -0.39 is 0 Å². The minimum atomic E-state index is 0.549. The average Bonchev–Trinajstić information content (AvgIpc) is 3.09. The van der Waals surface area contributed by atoms with E-state index in [9.17, 15) is 0 Å². The van der Waals surface area contributed by atoms with Gasteiger partial charge in [0, 0.05) is 17.7 Å². The number of fused-ring (bicyclic) bond motifs is 1. The topological polar surface area (TPSA) is 65.6 Å². The van der Waals surface area contributed by atoms with Gasteiger partial charge in [0.2, 0.25) is 0 Å². The number of rotatable bonds is 8. The Bertz CT molecular complexity index is 898. The first-order chi connectivity index (χ1) is 13.1. The van der Waals surface area contributed by atoms with E-state index in [1.54, 1.807) is 14.2 Å². The fourth-order valence-corrected chi connectivity index (χ4v) is 3.34. The number of halogens is 1. The minimum absolute atomic E-state index is 0.549.